The van der Waals surface area contributed by atoms with Gasteiger partial charge in [0.25, 0.3) is 0 Å². The van der Waals surface area contributed by atoms with E-state index in [2.05, 4.69) is 68.0 Å². The maximum atomic E-state index is 13.1. The lowest BCUT2D eigenvalue weighted by atomic mass is 9.43. The lowest BCUT2D eigenvalue weighted by molar-refractivity contribution is -0.164. The lowest BCUT2D eigenvalue weighted by Crippen LogP contribution is -2.70. The Morgan fingerprint density at radius 1 is 1.04 bits per heavy atom. The van der Waals surface area contributed by atoms with Crippen LogP contribution in [0.2, 0.25) is 0 Å². The first-order chi connectivity index (χ1) is 11.9. The van der Waals surface area contributed by atoms with Crippen LogP contribution in [-0.4, -0.2) is 16.6 Å². The zero-order chi connectivity index (χ0) is 19.3. The number of alkyl halides is 1. The van der Waals surface area contributed by atoms with E-state index in [1.165, 1.54) is 0 Å². The van der Waals surface area contributed by atoms with Crippen molar-refractivity contribution in [1.82, 2.24) is 10.9 Å². The van der Waals surface area contributed by atoms with Crippen LogP contribution in [0.4, 0.5) is 0 Å². The molecular formula is C21H31BrN2O2. The van der Waals surface area contributed by atoms with Gasteiger partial charge in [-0.05, 0) is 54.3 Å². The predicted octanol–water partition coefficient (Wildman–Crippen LogP) is 4.11. The number of nitrogens with one attached hydrogen (secondary N) is 2. The zero-order valence-corrected chi connectivity index (χ0v) is 18.2. The molecule has 0 aliphatic heterocycles. The molecule has 0 saturated heterocycles. The van der Waals surface area contributed by atoms with Crippen molar-refractivity contribution in [2.75, 3.05) is 0 Å². The van der Waals surface area contributed by atoms with Gasteiger partial charge in [-0.1, -0.05) is 62.7 Å². The van der Waals surface area contributed by atoms with Crippen LogP contribution in [0.15, 0.2) is 12.2 Å². The third kappa shape index (κ3) is 1.68. The standard InChI is InChI=1S/C21H31BrN2O2/c1-12-17(2,3)13-7-8-20(12,11-13)15(25)23-24-16(26)21-10-9-19(6,14(21)22)18(21,4)5/h13-14H,1,7-11H2,2-6H3,(H,23,25)(H,24,26). The second-order valence-electron chi connectivity index (χ2n) is 10.5. The fraction of sp³-hybridized carbons (Fsp3) is 0.810. The van der Waals surface area contributed by atoms with Crippen molar-refractivity contribution >= 4 is 27.7 Å². The minimum atomic E-state index is -0.508. The van der Waals surface area contributed by atoms with E-state index < -0.39 is 10.8 Å². The Morgan fingerprint density at radius 3 is 2.12 bits per heavy atom. The molecule has 5 atom stereocenters. The van der Waals surface area contributed by atoms with E-state index in [4.69, 9.17) is 0 Å². The normalized spacial score (nSPS) is 46.8. The van der Waals surface area contributed by atoms with Crippen LogP contribution in [-0.2, 0) is 9.59 Å². The van der Waals surface area contributed by atoms with Crippen molar-refractivity contribution < 1.29 is 9.59 Å². The van der Waals surface area contributed by atoms with Gasteiger partial charge in [-0.2, -0.15) is 0 Å². The summed E-state index contributed by atoms with van der Waals surface area (Å²) in [5.74, 6) is 0.383. The van der Waals surface area contributed by atoms with Gasteiger partial charge in [0.15, 0.2) is 0 Å². The summed E-state index contributed by atoms with van der Waals surface area (Å²) < 4.78 is 0. The minimum Gasteiger partial charge on any atom is -0.273 e. The number of rotatable bonds is 2. The topological polar surface area (TPSA) is 58.2 Å². The van der Waals surface area contributed by atoms with Gasteiger partial charge in [-0.3, -0.25) is 20.4 Å². The molecule has 5 fully saturated rings. The van der Waals surface area contributed by atoms with E-state index in [0.29, 0.717) is 5.92 Å². The molecule has 144 valence electrons. The van der Waals surface area contributed by atoms with Crippen molar-refractivity contribution in [3.63, 3.8) is 0 Å². The maximum Gasteiger partial charge on any atom is 0.248 e. The number of fused-ring (bicyclic) bond motifs is 3. The largest absolute Gasteiger partial charge is 0.273 e. The summed E-state index contributed by atoms with van der Waals surface area (Å²) >= 11 is 3.78. The van der Waals surface area contributed by atoms with Crippen LogP contribution < -0.4 is 10.9 Å². The Labute approximate surface area is 165 Å². The second-order valence-corrected chi connectivity index (χ2v) is 11.4. The average molecular weight is 423 g/mol. The number of amides is 2. The fourth-order valence-electron chi connectivity index (χ4n) is 6.94. The molecule has 0 spiro atoms. The summed E-state index contributed by atoms with van der Waals surface area (Å²) in [6.45, 7) is 15.3. The van der Waals surface area contributed by atoms with Crippen molar-refractivity contribution in [3.05, 3.63) is 12.2 Å². The van der Waals surface area contributed by atoms with Gasteiger partial charge in [0.1, 0.15) is 0 Å². The Balaban J connectivity index is 1.48. The number of halogens is 1. The van der Waals surface area contributed by atoms with E-state index in [9.17, 15) is 9.59 Å². The smallest absolute Gasteiger partial charge is 0.248 e. The Morgan fingerprint density at radius 2 is 1.65 bits per heavy atom. The number of hydrogen-bond donors (Lipinski definition) is 2. The van der Waals surface area contributed by atoms with Crippen molar-refractivity contribution in [2.24, 2.45) is 33.0 Å². The molecule has 5 rings (SSSR count). The summed E-state index contributed by atoms with van der Waals surface area (Å²) in [6, 6.07) is 0. The predicted molar refractivity (Wildman–Crippen MR) is 105 cm³/mol. The molecule has 0 aromatic heterocycles. The molecule has 2 N–H and O–H groups in total. The molecule has 5 saturated carbocycles. The van der Waals surface area contributed by atoms with Crippen LogP contribution >= 0.6 is 15.9 Å². The summed E-state index contributed by atoms with van der Waals surface area (Å²) in [5, 5.41) is 0. The maximum absolute atomic E-state index is 13.1. The third-order valence-corrected chi connectivity index (χ3v) is 11.4. The van der Waals surface area contributed by atoms with Crippen molar-refractivity contribution in [1.29, 1.82) is 0 Å². The van der Waals surface area contributed by atoms with E-state index in [1.807, 2.05) is 0 Å². The second kappa shape index (κ2) is 4.95. The summed E-state index contributed by atoms with van der Waals surface area (Å²) in [5.41, 5.74) is 5.71. The summed E-state index contributed by atoms with van der Waals surface area (Å²) in [6.07, 6.45) is 4.66. The van der Waals surface area contributed by atoms with Gasteiger partial charge in [0.2, 0.25) is 11.8 Å². The van der Waals surface area contributed by atoms with Crippen molar-refractivity contribution in [2.45, 2.75) is 71.5 Å². The number of carbonyl (C=O) groups excluding carboxylic acids is 2. The molecule has 0 radical (unpaired) electrons. The van der Waals surface area contributed by atoms with Crippen LogP contribution in [0.25, 0.3) is 0 Å². The summed E-state index contributed by atoms with van der Waals surface area (Å²) in [7, 11) is 0. The van der Waals surface area contributed by atoms with Crippen LogP contribution in [0.5, 0.6) is 0 Å². The molecule has 5 aliphatic rings. The highest BCUT2D eigenvalue weighted by Gasteiger charge is 2.80. The first-order valence-electron chi connectivity index (χ1n) is 9.83. The quantitative estimate of drug-likeness (QED) is 0.399. The monoisotopic (exact) mass is 422 g/mol. The zero-order valence-electron chi connectivity index (χ0n) is 16.6. The van der Waals surface area contributed by atoms with Gasteiger partial charge >= 0.3 is 0 Å². The van der Waals surface area contributed by atoms with Gasteiger partial charge < -0.3 is 0 Å². The first kappa shape index (κ1) is 18.5. The van der Waals surface area contributed by atoms with Crippen LogP contribution in [0.1, 0.15) is 66.7 Å². The molecule has 4 bridgehead atoms. The molecule has 4 nitrogen and oxygen atoms in total. The first-order valence-corrected chi connectivity index (χ1v) is 10.7. The Hall–Kier alpha value is -0.840. The molecule has 5 heteroatoms. The molecule has 2 amide bonds. The van der Waals surface area contributed by atoms with E-state index in [1.54, 1.807) is 0 Å². The highest BCUT2D eigenvalue weighted by Crippen LogP contribution is 2.79. The minimum absolute atomic E-state index is 0.00245. The van der Waals surface area contributed by atoms with Gasteiger partial charge in [0, 0.05) is 4.83 Å². The number of hydrogen-bond acceptors (Lipinski definition) is 2. The molecule has 0 aromatic carbocycles. The highest BCUT2D eigenvalue weighted by molar-refractivity contribution is 9.09. The molecule has 5 aliphatic carbocycles. The molecule has 5 unspecified atom stereocenters. The van der Waals surface area contributed by atoms with E-state index in [-0.39, 0.29) is 32.9 Å². The lowest BCUT2D eigenvalue weighted by Gasteiger charge is -2.64. The van der Waals surface area contributed by atoms with Gasteiger partial charge in [0.05, 0.1) is 10.8 Å². The van der Waals surface area contributed by atoms with E-state index in [0.717, 1.165) is 37.7 Å². The fourth-order valence-corrected chi connectivity index (χ4v) is 8.75. The van der Waals surface area contributed by atoms with E-state index >= 15 is 0 Å². The molecular weight excluding hydrogens is 392 g/mol. The van der Waals surface area contributed by atoms with Crippen LogP contribution in [0.3, 0.4) is 0 Å². The average Bonchev–Trinajstić information content (AvgIpc) is 3.25. The molecule has 0 heterocycles. The third-order valence-electron chi connectivity index (χ3n) is 9.59. The highest BCUT2D eigenvalue weighted by atomic mass is 79.9. The van der Waals surface area contributed by atoms with Gasteiger partial charge in [-0.25, -0.2) is 0 Å². The summed E-state index contributed by atoms with van der Waals surface area (Å²) in [4.78, 5) is 26.3. The van der Waals surface area contributed by atoms with Crippen molar-refractivity contribution in [3.8, 4) is 0 Å². The molecule has 26 heavy (non-hydrogen) atoms. The Bertz CT molecular complexity index is 730. The van der Waals surface area contributed by atoms with Crippen LogP contribution in [0, 0.1) is 33.0 Å². The number of hydrazine groups is 1. The SMILES string of the molecule is C=C1C2(C(=O)NNC(=O)C34CCC(C)(C3Br)C4(C)C)CCC(C2)C1(C)C. The molecule has 0 aromatic rings. The van der Waals surface area contributed by atoms with Gasteiger partial charge in [-0.15, -0.1) is 0 Å². The Kier molecular flexibility index (Phi) is 3.53. The number of carbonyl (C=O) groups is 2.